The van der Waals surface area contributed by atoms with Crippen molar-refractivity contribution in [1.29, 1.82) is 0 Å². The lowest BCUT2D eigenvalue weighted by Gasteiger charge is -2.36. The number of unbranched alkanes of at least 4 members (excludes halogenated alkanes) is 1. The highest BCUT2D eigenvalue weighted by molar-refractivity contribution is 7.23. The van der Waals surface area contributed by atoms with Crippen LogP contribution in [0.1, 0.15) is 48.0 Å². The molecule has 0 radical (unpaired) electrons. The third-order valence-electron chi connectivity index (χ3n) is 7.53. The Hall–Kier alpha value is -2.72. The standard InChI is InChI=1S/C28H29F2N3O3S/c29-20-8-11-32(12-9-20)10-2-1-3-25(34)18-4-7-24-26(13-18)37-27-31-23(15-33(24)27)21-6-5-19(14-22(21)30)28(35)16-36-17-28/h4-7,13-15,20,35H,1-3,8-12,16-17H2. The molecule has 2 saturated heterocycles. The number of Topliss-reactive ketones (excluding diaryl/α,β-unsaturated/α-hetero) is 1. The van der Waals surface area contributed by atoms with Crippen LogP contribution < -0.4 is 0 Å². The van der Waals surface area contributed by atoms with Crippen LogP contribution in [-0.4, -0.2) is 64.2 Å². The van der Waals surface area contributed by atoms with Crippen molar-refractivity contribution in [2.75, 3.05) is 32.8 Å². The van der Waals surface area contributed by atoms with Gasteiger partial charge in [-0.05, 0) is 68.1 Å². The number of aliphatic hydroxyl groups is 1. The van der Waals surface area contributed by atoms with E-state index < -0.39 is 17.6 Å². The number of hydrogen-bond donors (Lipinski definition) is 1. The number of aromatic nitrogens is 2. The first kappa shape index (κ1) is 24.6. The number of carbonyl (C=O) groups excluding carboxylic acids is 1. The molecule has 2 aromatic heterocycles. The van der Waals surface area contributed by atoms with E-state index in [-0.39, 0.29) is 19.0 Å². The lowest BCUT2D eigenvalue weighted by atomic mass is 9.91. The molecule has 2 aliphatic heterocycles. The minimum atomic E-state index is -1.12. The molecule has 0 bridgehead atoms. The summed E-state index contributed by atoms with van der Waals surface area (Å²) in [5.41, 5.74) is 1.89. The Kier molecular flexibility index (Phi) is 6.56. The van der Waals surface area contributed by atoms with Gasteiger partial charge in [0.05, 0.1) is 29.1 Å². The van der Waals surface area contributed by atoms with Crippen molar-refractivity contribution in [2.45, 2.75) is 43.9 Å². The molecular weight excluding hydrogens is 496 g/mol. The maximum absolute atomic E-state index is 14.9. The Morgan fingerprint density at radius 3 is 2.70 bits per heavy atom. The van der Waals surface area contributed by atoms with Crippen LogP contribution in [0.25, 0.3) is 26.4 Å². The summed E-state index contributed by atoms with van der Waals surface area (Å²) in [7, 11) is 0. The minimum Gasteiger partial charge on any atom is -0.380 e. The molecule has 0 atom stereocenters. The molecule has 2 aromatic carbocycles. The molecule has 4 heterocycles. The quantitative estimate of drug-likeness (QED) is 0.248. The zero-order chi connectivity index (χ0) is 25.6. The number of rotatable bonds is 8. The van der Waals surface area contributed by atoms with Crippen LogP contribution >= 0.6 is 11.3 Å². The molecule has 2 fully saturated rings. The van der Waals surface area contributed by atoms with Crippen molar-refractivity contribution < 1.29 is 23.4 Å². The van der Waals surface area contributed by atoms with Crippen LogP contribution in [0.5, 0.6) is 0 Å². The van der Waals surface area contributed by atoms with Crippen LogP contribution in [0.4, 0.5) is 8.78 Å². The molecule has 4 aromatic rings. The summed E-state index contributed by atoms with van der Waals surface area (Å²) in [6, 6.07) is 10.4. The van der Waals surface area contributed by atoms with Crippen molar-refractivity contribution in [1.82, 2.24) is 14.3 Å². The van der Waals surface area contributed by atoms with Crippen molar-refractivity contribution in [2.24, 2.45) is 0 Å². The lowest BCUT2D eigenvalue weighted by Crippen LogP contribution is -2.46. The molecule has 2 aliphatic rings. The molecule has 6 nitrogen and oxygen atoms in total. The van der Waals surface area contributed by atoms with Crippen LogP contribution in [0.2, 0.25) is 0 Å². The number of ether oxygens (including phenoxy) is 1. The number of thiazole rings is 1. The topological polar surface area (TPSA) is 67.1 Å². The molecule has 6 rings (SSSR count). The fraction of sp³-hybridized carbons (Fsp3) is 0.429. The van der Waals surface area contributed by atoms with E-state index in [1.54, 1.807) is 18.3 Å². The molecule has 1 N–H and O–H groups in total. The smallest absolute Gasteiger partial charge is 0.195 e. The Balaban J connectivity index is 1.13. The van der Waals surface area contributed by atoms with E-state index in [0.717, 1.165) is 47.7 Å². The normalized spacial score (nSPS) is 18.5. The highest BCUT2D eigenvalue weighted by Gasteiger charge is 2.38. The lowest BCUT2D eigenvalue weighted by molar-refractivity contribution is -0.184. The van der Waals surface area contributed by atoms with Crippen LogP contribution in [0, 0.1) is 5.82 Å². The Labute approximate surface area is 217 Å². The number of nitrogens with zero attached hydrogens (tertiary/aromatic N) is 3. The first-order valence-corrected chi connectivity index (χ1v) is 13.6. The van der Waals surface area contributed by atoms with E-state index in [1.807, 2.05) is 22.6 Å². The fourth-order valence-corrected chi connectivity index (χ4v) is 6.22. The highest BCUT2D eigenvalue weighted by atomic mass is 32.1. The molecule has 0 saturated carbocycles. The van der Waals surface area contributed by atoms with Crippen LogP contribution in [0.3, 0.4) is 0 Å². The summed E-state index contributed by atoms with van der Waals surface area (Å²) in [6.07, 6.45) is 4.63. The predicted molar refractivity (Wildman–Crippen MR) is 139 cm³/mol. The van der Waals surface area contributed by atoms with Crippen LogP contribution in [-0.2, 0) is 10.3 Å². The molecule has 9 heteroatoms. The summed E-state index contributed by atoms with van der Waals surface area (Å²) < 4.78 is 36.1. The predicted octanol–water partition coefficient (Wildman–Crippen LogP) is 5.36. The molecule has 0 amide bonds. The van der Waals surface area contributed by atoms with Crippen molar-refractivity contribution in [3.05, 3.63) is 59.5 Å². The maximum Gasteiger partial charge on any atom is 0.195 e. The van der Waals surface area contributed by atoms with Gasteiger partial charge < -0.3 is 14.7 Å². The molecule has 0 spiro atoms. The second kappa shape index (κ2) is 9.87. The molecule has 0 aliphatic carbocycles. The van der Waals surface area contributed by atoms with Crippen molar-refractivity contribution >= 4 is 32.3 Å². The highest BCUT2D eigenvalue weighted by Crippen LogP contribution is 2.34. The van der Waals surface area contributed by atoms with Gasteiger partial charge in [-0.1, -0.05) is 17.4 Å². The third kappa shape index (κ3) is 4.81. The molecular formula is C28H29F2N3O3S. The average Bonchev–Trinajstić information content (AvgIpc) is 3.43. The van der Waals surface area contributed by atoms with Crippen molar-refractivity contribution in [3.8, 4) is 11.3 Å². The Morgan fingerprint density at radius 1 is 1.16 bits per heavy atom. The van der Waals surface area contributed by atoms with Gasteiger partial charge in [0, 0.05) is 36.8 Å². The molecule has 0 unspecified atom stereocenters. The summed E-state index contributed by atoms with van der Waals surface area (Å²) >= 11 is 1.47. The Bertz CT molecular complexity index is 1450. The third-order valence-corrected chi connectivity index (χ3v) is 8.54. The zero-order valence-electron chi connectivity index (χ0n) is 20.5. The number of imidazole rings is 1. The number of likely N-dealkylation sites (tertiary alicyclic amines) is 1. The summed E-state index contributed by atoms with van der Waals surface area (Å²) in [5.74, 6) is -0.315. The number of alkyl halides is 1. The second-order valence-corrected chi connectivity index (χ2v) is 11.2. The monoisotopic (exact) mass is 525 g/mol. The minimum absolute atomic E-state index is 0.122. The van der Waals surface area contributed by atoms with E-state index in [1.165, 1.54) is 17.4 Å². The summed E-state index contributed by atoms with van der Waals surface area (Å²) in [5, 5.41) is 10.4. The Morgan fingerprint density at radius 2 is 1.97 bits per heavy atom. The fourth-order valence-electron chi connectivity index (χ4n) is 5.17. The van der Waals surface area contributed by atoms with E-state index in [0.29, 0.717) is 41.6 Å². The molecule has 194 valence electrons. The summed E-state index contributed by atoms with van der Waals surface area (Å²) in [6.45, 7) is 2.88. The number of ketones is 1. The van der Waals surface area contributed by atoms with Crippen molar-refractivity contribution in [3.63, 3.8) is 0 Å². The van der Waals surface area contributed by atoms with Gasteiger partial charge in [0.15, 0.2) is 10.7 Å². The van der Waals surface area contributed by atoms with Crippen LogP contribution in [0.15, 0.2) is 42.6 Å². The van der Waals surface area contributed by atoms with Gasteiger partial charge in [-0.3, -0.25) is 9.20 Å². The largest absolute Gasteiger partial charge is 0.380 e. The number of benzene rings is 2. The van der Waals surface area contributed by atoms with E-state index >= 15 is 0 Å². The van der Waals surface area contributed by atoms with Gasteiger partial charge in [-0.25, -0.2) is 13.8 Å². The van der Waals surface area contributed by atoms with Gasteiger partial charge in [0.25, 0.3) is 0 Å². The SMILES string of the molecule is O=C(CCCCN1CCC(F)CC1)c1ccc2c(c1)sc1nc(-c3ccc(C4(O)COC4)cc3F)cn12. The van der Waals surface area contributed by atoms with Gasteiger partial charge in [-0.15, -0.1) is 0 Å². The van der Waals surface area contributed by atoms with E-state index in [2.05, 4.69) is 9.88 Å². The number of fused-ring (bicyclic) bond motifs is 3. The zero-order valence-corrected chi connectivity index (χ0v) is 21.3. The number of carbonyl (C=O) groups is 1. The maximum atomic E-state index is 14.9. The first-order valence-electron chi connectivity index (χ1n) is 12.8. The van der Waals surface area contributed by atoms with E-state index in [4.69, 9.17) is 4.74 Å². The second-order valence-electron chi connectivity index (χ2n) is 10.2. The molecule has 37 heavy (non-hydrogen) atoms. The number of piperidine rings is 1. The van der Waals surface area contributed by atoms with Gasteiger partial charge >= 0.3 is 0 Å². The first-order chi connectivity index (χ1) is 17.9. The van der Waals surface area contributed by atoms with Gasteiger partial charge in [0.1, 0.15) is 17.6 Å². The van der Waals surface area contributed by atoms with E-state index in [9.17, 15) is 18.7 Å². The number of hydrogen-bond acceptors (Lipinski definition) is 6. The summed E-state index contributed by atoms with van der Waals surface area (Å²) in [4.78, 5) is 20.4. The average molecular weight is 526 g/mol. The number of halogens is 2. The van der Waals surface area contributed by atoms with Gasteiger partial charge in [-0.2, -0.15) is 0 Å². The van der Waals surface area contributed by atoms with Gasteiger partial charge in [0.2, 0.25) is 0 Å².